The fourth-order valence-corrected chi connectivity index (χ4v) is 3.04. The maximum atomic E-state index is 12.2. The summed E-state index contributed by atoms with van der Waals surface area (Å²) in [7, 11) is 0. The minimum atomic E-state index is -0.548. The highest BCUT2D eigenvalue weighted by Gasteiger charge is 2.30. The zero-order valence-electron chi connectivity index (χ0n) is 16.7. The van der Waals surface area contributed by atoms with Gasteiger partial charge in [-0.3, -0.25) is 9.59 Å². The first-order valence-electron chi connectivity index (χ1n) is 9.26. The van der Waals surface area contributed by atoms with E-state index in [1.165, 1.54) is 0 Å². The molecule has 1 aromatic rings. The molecule has 1 aromatic carbocycles. The van der Waals surface area contributed by atoms with Crippen LogP contribution in [-0.4, -0.2) is 48.2 Å². The molecule has 1 N–H and O–H groups in total. The maximum Gasteiger partial charge on any atom is 0.410 e. The SMILES string of the molecule is Cc1cc(NC(=O)COC(=O)C2CCN(C(=O)OC(C)(C)C)CC2)ccc1Br. The molecule has 0 spiro atoms. The van der Waals surface area contributed by atoms with Crippen LogP contribution < -0.4 is 5.32 Å². The average molecular weight is 455 g/mol. The summed E-state index contributed by atoms with van der Waals surface area (Å²) in [5.41, 5.74) is 1.09. The number of piperidine rings is 1. The van der Waals surface area contributed by atoms with Crippen LogP contribution in [0.25, 0.3) is 0 Å². The third kappa shape index (κ3) is 6.82. The Morgan fingerprint density at radius 1 is 1.21 bits per heavy atom. The van der Waals surface area contributed by atoms with Crippen LogP contribution in [0.4, 0.5) is 10.5 Å². The number of ether oxygens (including phenoxy) is 2. The minimum Gasteiger partial charge on any atom is -0.455 e. The largest absolute Gasteiger partial charge is 0.455 e. The molecule has 1 fully saturated rings. The lowest BCUT2D eigenvalue weighted by molar-refractivity contribution is -0.153. The number of carbonyl (C=O) groups is 3. The molecule has 0 radical (unpaired) electrons. The van der Waals surface area contributed by atoms with Gasteiger partial charge in [0.1, 0.15) is 5.60 Å². The third-order valence-electron chi connectivity index (χ3n) is 4.27. The van der Waals surface area contributed by atoms with Gasteiger partial charge in [0.25, 0.3) is 5.91 Å². The number of amides is 2. The van der Waals surface area contributed by atoms with E-state index in [-0.39, 0.29) is 24.5 Å². The second-order valence-electron chi connectivity index (χ2n) is 7.86. The van der Waals surface area contributed by atoms with E-state index in [9.17, 15) is 14.4 Å². The van der Waals surface area contributed by atoms with Crippen molar-refractivity contribution in [1.29, 1.82) is 0 Å². The van der Waals surface area contributed by atoms with Crippen molar-refractivity contribution in [3.8, 4) is 0 Å². The Kier molecular flexibility index (Phi) is 7.46. The quantitative estimate of drug-likeness (QED) is 0.697. The Labute approximate surface area is 173 Å². The molecular weight excluding hydrogens is 428 g/mol. The number of aryl methyl sites for hydroxylation is 1. The van der Waals surface area contributed by atoms with Crippen LogP contribution in [0, 0.1) is 12.8 Å². The van der Waals surface area contributed by atoms with Crippen molar-refractivity contribution in [2.45, 2.75) is 46.1 Å². The van der Waals surface area contributed by atoms with Crippen LogP contribution in [0.2, 0.25) is 0 Å². The zero-order chi connectivity index (χ0) is 20.9. The van der Waals surface area contributed by atoms with Crippen molar-refractivity contribution in [2.24, 2.45) is 5.92 Å². The number of benzene rings is 1. The first-order chi connectivity index (χ1) is 13.0. The summed E-state index contributed by atoms with van der Waals surface area (Å²) in [6.45, 7) is 7.89. The summed E-state index contributed by atoms with van der Waals surface area (Å²) < 4.78 is 11.4. The summed E-state index contributed by atoms with van der Waals surface area (Å²) in [5, 5.41) is 2.71. The highest BCUT2D eigenvalue weighted by atomic mass is 79.9. The van der Waals surface area contributed by atoms with Crippen molar-refractivity contribution in [3.05, 3.63) is 28.2 Å². The van der Waals surface area contributed by atoms with Crippen molar-refractivity contribution in [1.82, 2.24) is 4.90 Å². The van der Waals surface area contributed by atoms with Gasteiger partial charge in [-0.25, -0.2) is 4.79 Å². The first-order valence-corrected chi connectivity index (χ1v) is 10.0. The molecule has 2 amide bonds. The van der Waals surface area contributed by atoms with Crippen LogP contribution in [0.5, 0.6) is 0 Å². The van der Waals surface area contributed by atoms with Gasteiger partial charge in [-0.15, -0.1) is 0 Å². The second kappa shape index (κ2) is 9.41. The number of nitrogens with one attached hydrogen (secondary N) is 1. The molecule has 154 valence electrons. The van der Waals surface area contributed by atoms with E-state index in [0.29, 0.717) is 31.6 Å². The minimum absolute atomic E-state index is 0.318. The average Bonchev–Trinajstić information content (AvgIpc) is 2.61. The summed E-state index contributed by atoms with van der Waals surface area (Å²) in [5.74, 6) is -1.12. The number of halogens is 1. The monoisotopic (exact) mass is 454 g/mol. The molecule has 1 aliphatic heterocycles. The summed E-state index contributed by atoms with van der Waals surface area (Å²) >= 11 is 3.40. The van der Waals surface area contributed by atoms with Crippen LogP contribution in [0.3, 0.4) is 0 Å². The highest BCUT2D eigenvalue weighted by molar-refractivity contribution is 9.10. The number of anilines is 1. The van der Waals surface area contributed by atoms with Gasteiger partial charge in [0, 0.05) is 23.2 Å². The molecule has 0 saturated carbocycles. The van der Waals surface area contributed by atoms with Crippen molar-refractivity contribution < 1.29 is 23.9 Å². The number of hydrogen-bond donors (Lipinski definition) is 1. The molecule has 1 heterocycles. The molecule has 7 nitrogen and oxygen atoms in total. The highest BCUT2D eigenvalue weighted by Crippen LogP contribution is 2.22. The summed E-state index contributed by atoms with van der Waals surface area (Å²) in [6.07, 6.45) is 0.612. The molecule has 0 aromatic heterocycles. The lowest BCUT2D eigenvalue weighted by Crippen LogP contribution is -2.43. The van der Waals surface area contributed by atoms with E-state index in [4.69, 9.17) is 9.47 Å². The van der Waals surface area contributed by atoms with E-state index < -0.39 is 11.6 Å². The molecule has 0 atom stereocenters. The first kappa shape index (κ1) is 22.2. The Bertz CT molecular complexity index is 737. The second-order valence-corrected chi connectivity index (χ2v) is 8.72. The van der Waals surface area contributed by atoms with Gasteiger partial charge < -0.3 is 19.7 Å². The Morgan fingerprint density at radius 3 is 2.43 bits per heavy atom. The van der Waals surface area contributed by atoms with E-state index in [1.807, 2.05) is 39.8 Å². The Balaban J connectivity index is 1.74. The van der Waals surface area contributed by atoms with E-state index in [0.717, 1.165) is 10.0 Å². The molecule has 0 aliphatic carbocycles. The fourth-order valence-electron chi connectivity index (χ4n) is 2.80. The van der Waals surface area contributed by atoms with Gasteiger partial charge in [0.05, 0.1) is 5.92 Å². The molecule has 0 unspecified atom stereocenters. The van der Waals surface area contributed by atoms with Gasteiger partial charge >= 0.3 is 12.1 Å². The van der Waals surface area contributed by atoms with Crippen molar-refractivity contribution in [2.75, 3.05) is 25.0 Å². The van der Waals surface area contributed by atoms with Gasteiger partial charge in [0.15, 0.2) is 6.61 Å². The molecule has 0 bridgehead atoms. The standard InChI is InChI=1S/C20H27BrN2O5/c1-13-11-15(5-6-16(13)21)22-17(24)12-27-18(25)14-7-9-23(10-8-14)19(26)28-20(2,3)4/h5-6,11,14H,7-10,12H2,1-4H3,(H,22,24). The predicted octanol–water partition coefficient (Wildman–Crippen LogP) is 3.89. The lowest BCUT2D eigenvalue weighted by Gasteiger charge is -2.32. The molecule has 28 heavy (non-hydrogen) atoms. The summed E-state index contributed by atoms with van der Waals surface area (Å²) in [6, 6.07) is 5.44. The number of rotatable bonds is 4. The fraction of sp³-hybridized carbons (Fsp3) is 0.550. The third-order valence-corrected chi connectivity index (χ3v) is 5.16. The van der Waals surface area contributed by atoms with E-state index in [2.05, 4.69) is 21.2 Å². The van der Waals surface area contributed by atoms with Gasteiger partial charge in [-0.05, 0) is 64.3 Å². The van der Waals surface area contributed by atoms with Crippen molar-refractivity contribution >= 4 is 39.6 Å². The van der Waals surface area contributed by atoms with Crippen molar-refractivity contribution in [3.63, 3.8) is 0 Å². The van der Waals surface area contributed by atoms with Gasteiger partial charge in [-0.2, -0.15) is 0 Å². The lowest BCUT2D eigenvalue weighted by atomic mass is 9.97. The van der Waals surface area contributed by atoms with E-state index >= 15 is 0 Å². The number of likely N-dealkylation sites (tertiary alicyclic amines) is 1. The number of carbonyl (C=O) groups excluding carboxylic acids is 3. The Hall–Kier alpha value is -2.09. The van der Waals surface area contributed by atoms with Gasteiger partial charge in [-0.1, -0.05) is 15.9 Å². The molecule has 1 aliphatic rings. The number of hydrogen-bond acceptors (Lipinski definition) is 5. The number of esters is 1. The smallest absolute Gasteiger partial charge is 0.410 e. The predicted molar refractivity (Wildman–Crippen MR) is 109 cm³/mol. The van der Waals surface area contributed by atoms with Crippen LogP contribution in [0.15, 0.2) is 22.7 Å². The van der Waals surface area contributed by atoms with E-state index in [1.54, 1.807) is 11.0 Å². The summed E-state index contributed by atoms with van der Waals surface area (Å²) in [4.78, 5) is 37.9. The van der Waals surface area contributed by atoms with Gasteiger partial charge in [0.2, 0.25) is 0 Å². The molecular formula is C20H27BrN2O5. The molecule has 8 heteroatoms. The molecule has 1 saturated heterocycles. The zero-order valence-corrected chi connectivity index (χ0v) is 18.3. The van der Waals surface area contributed by atoms with Crippen LogP contribution >= 0.6 is 15.9 Å². The molecule has 2 rings (SSSR count). The Morgan fingerprint density at radius 2 is 1.86 bits per heavy atom. The maximum absolute atomic E-state index is 12.2. The van der Waals surface area contributed by atoms with Crippen LogP contribution in [-0.2, 0) is 19.1 Å². The van der Waals surface area contributed by atoms with Crippen LogP contribution in [0.1, 0.15) is 39.2 Å². The normalized spacial score (nSPS) is 15.1. The number of nitrogens with zero attached hydrogens (tertiary/aromatic N) is 1. The topological polar surface area (TPSA) is 84.9 Å².